The van der Waals surface area contributed by atoms with Gasteiger partial charge in [0.2, 0.25) is 0 Å². The summed E-state index contributed by atoms with van der Waals surface area (Å²) >= 11 is 0. The van der Waals surface area contributed by atoms with Crippen LogP contribution in [0, 0.1) is 0 Å². The lowest BCUT2D eigenvalue weighted by molar-refractivity contribution is 0.892. The van der Waals surface area contributed by atoms with Crippen molar-refractivity contribution in [2.75, 3.05) is 0 Å². The van der Waals surface area contributed by atoms with Gasteiger partial charge in [-0.15, -0.1) is 0 Å². The third-order valence-electron chi connectivity index (χ3n) is 1.90. The fourth-order valence-electron chi connectivity index (χ4n) is 1.29. The van der Waals surface area contributed by atoms with Crippen LogP contribution in [-0.4, -0.2) is 4.98 Å². The molecule has 1 heterocycles. The molecule has 1 heteroatoms. The van der Waals surface area contributed by atoms with Crippen LogP contribution >= 0.6 is 0 Å². The molecule has 11 heavy (non-hydrogen) atoms. The summed E-state index contributed by atoms with van der Waals surface area (Å²) in [4.78, 5) is 4.10. The van der Waals surface area contributed by atoms with E-state index < -0.39 is 0 Å². The fourth-order valence-corrected chi connectivity index (χ4v) is 1.29. The molecule has 0 spiro atoms. The van der Waals surface area contributed by atoms with Crippen LogP contribution in [0.25, 0.3) is 0 Å². The van der Waals surface area contributed by atoms with E-state index in [0.717, 1.165) is 6.42 Å². The average Bonchev–Trinajstić information content (AvgIpc) is 2.06. The van der Waals surface area contributed by atoms with Crippen molar-refractivity contribution in [3.63, 3.8) is 0 Å². The van der Waals surface area contributed by atoms with Crippen LogP contribution in [0.15, 0.2) is 18.5 Å². The van der Waals surface area contributed by atoms with Gasteiger partial charge in [0.05, 0.1) is 0 Å². The van der Waals surface area contributed by atoms with E-state index in [1.54, 1.807) is 0 Å². The zero-order chi connectivity index (χ0) is 8.10. The summed E-state index contributed by atoms with van der Waals surface area (Å²) in [6, 6.07) is 2.13. The number of pyridine rings is 1. The molecule has 0 aliphatic rings. The first kappa shape index (κ1) is 8.25. The Hall–Kier alpha value is -0.850. The minimum absolute atomic E-state index is 1.10. The molecule has 0 unspecified atom stereocenters. The van der Waals surface area contributed by atoms with Gasteiger partial charge in [0.15, 0.2) is 0 Å². The van der Waals surface area contributed by atoms with E-state index in [9.17, 15) is 0 Å². The van der Waals surface area contributed by atoms with Gasteiger partial charge in [0, 0.05) is 12.4 Å². The summed E-state index contributed by atoms with van der Waals surface area (Å²) in [6.45, 7) is 4.38. The highest BCUT2D eigenvalue weighted by Crippen LogP contribution is 2.09. The van der Waals surface area contributed by atoms with Crippen molar-refractivity contribution in [3.8, 4) is 0 Å². The van der Waals surface area contributed by atoms with Gasteiger partial charge in [0.25, 0.3) is 0 Å². The maximum atomic E-state index is 4.10. The summed E-state index contributed by atoms with van der Waals surface area (Å²) in [6.07, 6.45) is 7.36. The van der Waals surface area contributed by atoms with Gasteiger partial charge in [-0.2, -0.15) is 0 Å². The third-order valence-corrected chi connectivity index (χ3v) is 1.90. The van der Waals surface area contributed by atoms with E-state index >= 15 is 0 Å². The second-order valence-electron chi connectivity index (χ2n) is 2.75. The van der Waals surface area contributed by atoms with Crippen molar-refractivity contribution in [1.29, 1.82) is 0 Å². The van der Waals surface area contributed by atoms with Gasteiger partial charge in [-0.25, -0.2) is 0 Å². The normalized spacial score (nSPS) is 10.0. The van der Waals surface area contributed by atoms with E-state index in [2.05, 4.69) is 24.9 Å². The van der Waals surface area contributed by atoms with Crippen LogP contribution in [0.5, 0.6) is 0 Å². The maximum absolute atomic E-state index is 4.10. The summed E-state index contributed by atoms with van der Waals surface area (Å²) < 4.78 is 0. The molecule has 0 N–H and O–H groups in total. The van der Waals surface area contributed by atoms with E-state index in [1.165, 1.54) is 24.0 Å². The quantitative estimate of drug-likeness (QED) is 0.643. The zero-order valence-corrected chi connectivity index (χ0v) is 7.30. The highest BCUT2D eigenvalue weighted by molar-refractivity contribution is 5.22. The second-order valence-corrected chi connectivity index (χ2v) is 2.75. The molecule has 1 aromatic heterocycles. The predicted octanol–water partition coefficient (Wildman–Crippen LogP) is 2.60. The summed E-state index contributed by atoms with van der Waals surface area (Å²) in [7, 11) is 0. The van der Waals surface area contributed by atoms with Crippen molar-refractivity contribution < 1.29 is 0 Å². The first-order chi connectivity index (χ1) is 5.38. The Kier molecular flexibility index (Phi) is 3.09. The van der Waals surface area contributed by atoms with Crippen molar-refractivity contribution >= 4 is 0 Å². The van der Waals surface area contributed by atoms with Gasteiger partial charge in [-0.3, -0.25) is 4.98 Å². The van der Waals surface area contributed by atoms with Crippen molar-refractivity contribution in [1.82, 2.24) is 4.98 Å². The van der Waals surface area contributed by atoms with E-state index in [4.69, 9.17) is 0 Å². The average molecular weight is 149 g/mol. The monoisotopic (exact) mass is 149 g/mol. The molecule has 0 fully saturated rings. The van der Waals surface area contributed by atoms with Crippen molar-refractivity contribution in [2.45, 2.75) is 33.1 Å². The Morgan fingerprint density at radius 3 is 2.73 bits per heavy atom. The van der Waals surface area contributed by atoms with Gasteiger partial charge in [-0.1, -0.05) is 20.3 Å². The molecule has 0 radical (unpaired) electrons. The van der Waals surface area contributed by atoms with Crippen LogP contribution < -0.4 is 0 Å². The number of hydrogen-bond donors (Lipinski definition) is 0. The van der Waals surface area contributed by atoms with E-state index in [-0.39, 0.29) is 0 Å². The maximum Gasteiger partial charge on any atom is 0.0302 e. The molecule has 1 aromatic rings. The van der Waals surface area contributed by atoms with Crippen LogP contribution in [-0.2, 0) is 12.8 Å². The molecule has 60 valence electrons. The Labute approximate surface area is 68.5 Å². The van der Waals surface area contributed by atoms with Crippen molar-refractivity contribution in [3.05, 3.63) is 29.6 Å². The van der Waals surface area contributed by atoms with Gasteiger partial charge in [0.1, 0.15) is 0 Å². The van der Waals surface area contributed by atoms with Crippen LogP contribution in [0.3, 0.4) is 0 Å². The standard InChI is InChI=1S/C10H15N/c1-3-5-10-6-7-11-8-9(10)4-2/h6-8H,3-5H2,1-2H3. The molecule has 0 saturated heterocycles. The van der Waals surface area contributed by atoms with Crippen LogP contribution in [0.1, 0.15) is 31.4 Å². The minimum atomic E-state index is 1.10. The van der Waals surface area contributed by atoms with Crippen LogP contribution in [0.4, 0.5) is 0 Å². The Balaban J connectivity index is 2.83. The lowest BCUT2D eigenvalue weighted by Gasteiger charge is -2.03. The Bertz CT molecular complexity index is 218. The Morgan fingerprint density at radius 2 is 2.09 bits per heavy atom. The van der Waals surface area contributed by atoms with Crippen LogP contribution in [0.2, 0.25) is 0 Å². The number of hydrogen-bond acceptors (Lipinski definition) is 1. The number of rotatable bonds is 3. The molecule has 0 aliphatic carbocycles. The first-order valence-electron chi connectivity index (χ1n) is 4.30. The lowest BCUT2D eigenvalue weighted by atomic mass is 10.0. The molecule has 0 aromatic carbocycles. The smallest absolute Gasteiger partial charge is 0.0302 e. The molecular weight excluding hydrogens is 134 g/mol. The molecule has 1 nitrogen and oxygen atoms in total. The lowest BCUT2D eigenvalue weighted by Crippen LogP contribution is -1.92. The fraction of sp³-hybridized carbons (Fsp3) is 0.500. The molecule has 1 rings (SSSR count). The molecule has 0 aliphatic heterocycles. The second kappa shape index (κ2) is 4.12. The zero-order valence-electron chi connectivity index (χ0n) is 7.30. The molecule has 0 bridgehead atoms. The highest BCUT2D eigenvalue weighted by Gasteiger charge is 1.97. The number of nitrogens with zero attached hydrogens (tertiary/aromatic N) is 1. The summed E-state index contributed by atoms with van der Waals surface area (Å²) in [5.74, 6) is 0. The molecule has 0 saturated carbocycles. The minimum Gasteiger partial charge on any atom is -0.264 e. The van der Waals surface area contributed by atoms with E-state index in [1.807, 2.05) is 12.4 Å². The Morgan fingerprint density at radius 1 is 1.27 bits per heavy atom. The van der Waals surface area contributed by atoms with Gasteiger partial charge in [-0.05, 0) is 30.0 Å². The van der Waals surface area contributed by atoms with E-state index in [0.29, 0.717) is 0 Å². The number of aryl methyl sites for hydroxylation is 2. The summed E-state index contributed by atoms with van der Waals surface area (Å²) in [5, 5.41) is 0. The van der Waals surface area contributed by atoms with Gasteiger partial charge >= 0.3 is 0 Å². The summed E-state index contributed by atoms with van der Waals surface area (Å²) in [5.41, 5.74) is 2.86. The third kappa shape index (κ3) is 2.04. The molecule has 0 atom stereocenters. The van der Waals surface area contributed by atoms with Gasteiger partial charge < -0.3 is 0 Å². The first-order valence-corrected chi connectivity index (χ1v) is 4.30. The molecule has 0 amide bonds. The van der Waals surface area contributed by atoms with Crippen molar-refractivity contribution in [2.24, 2.45) is 0 Å². The number of aromatic nitrogens is 1. The predicted molar refractivity (Wildman–Crippen MR) is 47.6 cm³/mol. The topological polar surface area (TPSA) is 12.9 Å². The molecular formula is C10H15N. The SMILES string of the molecule is CCCc1ccncc1CC. The largest absolute Gasteiger partial charge is 0.264 e. The highest BCUT2D eigenvalue weighted by atomic mass is 14.6.